The standard InChI is InChI=1S/C11H12N4OS/c16-11-2-1-5-15(11)12-7-8-3-4-9-10(6-8)14-17-13-9/h3-4,6,12H,1-2,5,7H2. The van der Waals surface area contributed by atoms with Crippen molar-refractivity contribution in [3.8, 4) is 0 Å². The van der Waals surface area contributed by atoms with E-state index in [2.05, 4.69) is 14.2 Å². The third-order valence-electron chi connectivity index (χ3n) is 2.87. The monoisotopic (exact) mass is 248 g/mol. The number of hydrogen-bond donors (Lipinski definition) is 1. The minimum absolute atomic E-state index is 0.182. The molecule has 1 aromatic heterocycles. The van der Waals surface area contributed by atoms with Gasteiger partial charge in [-0.15, -0.1) is 0 Å². The van der Waals surface area contributed by atoms with Crippen LogP contribution in [0.3, 0.4) is 0 Å². The molecule has 6 heteroatoms. The molecular formula is C11H12N4OS. The summed E-state index contributed by atoms with van der Waals surface area (Å²) in [6, 6.07) is 5.98. The predicted molar refractivity (Wildman–Crippen MR) is 65.2 cm³/mol. The number of nitrogens with one attached hydrogen (secondary N) is 1. The normalized spacial score (nSPS) is 16.0. The van der Waals surface area contributed by atoms with Gasteiger partial charge in [0.25, 0.3) is 0 Å². The first-order valence-corrected chi connectivity index (χ1v) is 6.31. The molecule has 88 valence electrons. The molecule has 17 heavy (non-hydrogen) atoms. The molecule has 3 rings (SSSR count). The van der Waals surface area contributed by atoms with Crippen molar-refractivity contribution < 1.29 is 4.79 Å². The van der Waals surface area contributed by atoms with Crippen LogP contribution in [0, 0.1) is 0 Å². The number of fused-ring (bicyclic) bond motifs is 1. The molecular weight excluding hydrogens is 236 g/mol. The van der Waals surface area contributed by atoms with Crippen molar-refractivity contribution in [1.82, 2.24) is 19.2 Å². The maximum Gasteiger partial charge on any atom is 0.236 e. The van der Waals surface area contributed by atoms with Gasteiger partial charge in [0.05, 0.1) is 11.7 Å². The molecule has 2 heterocycles. The van der Waals surface area contributed by atoms with E-state index in [0.717, 1.165) is 29.6 Å². The smallest absolute Gasteiger partial charge is 0.236 e. The van der Waals surface area contributed by atoms with Crippen molar-refractivity contribution in [1.29, 1.82) is 0 Å². The Hall–Kier alpha value is -1.53. The number of rotatable bonds is 3. The first-order valence-electron chi connectivity index (χ1n) is 5.58. The summed E-state index contributed by atoms with van der Waals surface area (Å²) in [4.78, 5) is 11.4. The molecule has 2 aromatic rings. The molecule has 0 radical (unpaired) electrons. The van der Waals surface area contributed by atoms with Gasteiger partial charge in [-0.1, -0.05) is 6.07 Å². The van der Waals surface area contributed by atoms with Crippen molar-refractivity contribution in [2.45, 2.75) is 19.4 Å². The van der Waals surface area contributed by atoms with Crippen LogP contribution >= 0.6 is 11.7 Å². The molecule has 1 amide bonds. The topological polar surface area (TPSA) is 58.1 Å². The molecule has 0 unspecified atom stereocenters. The number of benzene rings is 1. The van der Waals surface area contributed by atoms with E-state index < -0.39 is 0 Å². The van der Waals surface area contributed by atoms with Gasteiger partial charge in [0, 0.05) is 19.5 Å². The lowest BCUT2D eigenvalue weighted by atomic mass is 10.2. The van der Waals surface area contributed by atoms with Gasteiger partial charge >= 0.3 is 0 Å². The molecule has 0 atom stereocenters. The van der Waals surface area contributed by atoms with Crippen LogP contribution in [0.4, 0.5) is 0 Å². The van der Waals surface area contributed by atoms with Crippen LogP contribution in [-0.4, -0.2) is 26.2 Å². The highest BCUT2D eigenvalue weighted by Gasteiger charge is 2.19. The quantitative estimate of drug-likeness (QED) is 0.890. The lowest BCUT2D eigenvalue weighted by Crippen LogP contribution is -2.38. The zero-order valence-electron chi connectivity index (χ0n) is 9.22. The van der Waals surface area contributed by atoms with Gasteiger partial charge in [0.1, 0.15) is 11.0 Å². The van der Waals surface area contributed by atoms with Crippen molar-refractivity contribution >= 4 is 28.7 Å². The molecule has 1 aliphatic heterocycles. The fourth-order valence-electron chi connectivity index (χ4n) is 1.94. The summed E-state index contributed by atoms with van der Waals surface area (Å²) in [6.07, 6.45) is 1.60. The second-order valence-corrected chi connectivity index (χ2v) is 4.60. The van der Waals surface area contributed by atoms with Crippen LogP contribution in [0.2, 0.25) is 0 Å². The number of aromatic nitrogens is 2. The van der Waals surface area contributed by atoms with Crippen molar-refractivity contribution in [3.05, 3.63) is 23.8 Å². The molecule has 0 spiro atoms. The van der Waals surface area contributed by atoms with Crippen LogP contribution in [-0.2, 0) is 11.3 Å². The van der Waals surface area contributed by atoms with Gasteiger partial charge in [-0.05, 0) is 24.1 Å². The molecule has 1 aromatic carbocycles. The average molecular weight is 248 g/mol. The summed E-state index contributed by atoms with van der Waals surface area (Å²) in [5.41, 5.74) is 6.10. The zero-order chi connectivity index (χ0) is 11.7. The van der Waals surface area contributed by atoms with Crippen LogP contribution in [0.25, 0.3) is 11.0 Å². The number of carbonyl (C=O) groups excluding carboxylic acids is 1. The van der Waals surface area contributed by atoms with Gasteiger partial charge < -0.3 is 0 Å². The van der Waals surface area contributed by atoms with E-state index in [1.165, 1.54) is 11.7 Å². The Balaban J connectivity index is 1.69. The van der Waals surface area contributed by atoms with E-state index in [1.807, 2.05) is 18.2 Å². The molecule has 1 fully saturated rings. The zero-order valence-corrected chi connectivity index (χ0v) is 10.0. The van der Waals surface area contributed by atoms with Gasteiger partial charge in [-0.2, -0.15) is 8.75 Å². The average Bonchev–Trinajstić information content (AvgIpc) is 2.94. The van der Waals surface area contributed by atoms with Gasteiger partial charge in [-0.3, -0.25) is 9.80 Å². The molecule has 5 nitrogen and oxygen atoms in total. The largest absolute Gasteiger partial charge is 0.278 e. The second kappa shape index (κ2) is 4.38. The number of nitrogens with zero attached hydrogens (tertiary/aromatic N) is 3. The molecule has 1 aliphatic rings. The minimum Gasteiger partial charge on any atom is -0.278 e. The maximum absolute atomic E-state index is 11.4. The van der Waals surface area contributed by atoms with Crippen LogP contribution < -0.4 is 5.43 Å². The Kier molecular flexibility index (Phi) is 2.74. The predicted octanol–water partition coefficient (Wildman–Crippen LogP) is 1.32. The lowest BCUT2D eigenvalue weighted by molar-refractivity contribution is -0.130. The molecule has 1 N–H and O–H groups in total. The van der Waals surface area contributed by atoms with E-state index >= 15 is 0 Å². The first kappa shape index (κ1) is 10.6. The van der Waals surface area contributed by atoms with E-state index in [-0.39, 0.29) is 5.91 Å². The summed E-state index contributed by atoms with van der Waals surface area (Å²) in [5, 5.41) is 1.70. The highest BCUT2D eigenvalue weighted by atomic mass is 32.1. The summed E-state index contributed by atoms with van der Waals surface area (Å²) >= 11 is 1.22. The third-order valence-corrected chi connectivity index (χ3v) is 3.42. The Morgan fingerprint density at radius 3 is 3.06 bits per heavy atom. The highest BCUT2D eigenvalue weighted by molar-refractivity contribution is 7.00. The second-order valence-electron chi connectivity index (χ2n) is 4.07. The van der Waals surface area contributed by atoms with Crippen molar-refractivity contribution in [2.24, 2.45) is 0 Å². The Morgan fingerprint density at radius 2 is 2.24 bits per heavy atom. The maximum atomic E-state index is 11.4. The molecule has 0 bridgehead atoms. The Bertz CT molecular complexity index is 553. The number of hydrogen-bond acceptors (Lipinski definition) is 5. The van der Waals surface area contributed by atoms with Crippen LogP contribution in [0.5, 0.6) is 0 Å². The fourth-order valence-corrected chi connectivity index (χ4v) is 2.46. The lowest BCUT2D eigenvalue weighted by Gasteiger charge is -2.16. The fraction of sp³-hybridized carbons (Fsp3) is 0.364. The van der Waals surface area contributed by atoms with E-state index in [9.17, 15) is 4.79 Å². The third kappa shape index (κ3) is 2.13. The van der Waals surface area contributed by atoms with E-state index in [1.54, 1.807) is 5.01 Å². The number of amides is 1. The SMILES string of the molecule is O=C1CCCN1NCc1ccc2nsnc2c1. The summed E-state index contributed by atoms with van der Waals surface area (Å²) < 4.78 is 8.35. The molecule has 0 aliphatic carbocycles. The van der Waals surface area contributed by atoms with E-state index in [4.69, 9.17) is 0 Å². The summed E-state index contributed by atoms with van der Waals surface area (Å²) in [7, 11) is 0. The van der Waals surface area contributed by atoms with Crippen LogP contribution in [0.1, 0.15) is 18.4 Å². The molecule has 0 saturated carbocycles. The van der Waals surface area contributed by atoms with Crippen molar-refractivity contribution in [2.75, 3.05) is 6.54 Å². The summed E-state index contributed by atoms with van der Waals surface area (Å²) in [6.45, 7) is 1.46. The Labute approximate surface area is 103 Å². The van der Waals surface area contributed by atoms with Gasteiger partial charge in [0.2, 0.25) is 5.91 Å². The minimum atomic E-state index is 0.182. The van der Waals surface area contributed by atoms with Crippen molar-refractivity contribution in [3.63, 3.8) is 0 Å². The highest BCUT2D eigenvalue weighted by Crippen LogP contribution is 2.14. The van der Waals surface area contributed by atoms with Gasteiger partial charge in [0.15, 0.2) is 0 Å². The number of hydrazine groups is 1. The van der Waals surface area contributed by atoms with E-state index in [0.29, 0.717) is 13.0 Å². The number of carbonyl (C=O) groups is 1. The molecule has 1 saturated heterocycles. The van der Waals surface area contributed by atoms with Gasteiger partial charge in [-0.25, -0.2) is 5.43 Å². The Morgan fingerprint density at radius 1 is 1.35 bits per heavy atom. The summed E-state index contributed by atoms with van der Waals surface area (Å²) in [5.74, 6) is 0.182. The van der Waals surface area contributed by atoms with Crippen LogP contribution in [0.15, 0.2) is 18.2 Å². The first-order chi connectivity index (χ1) is 8.33.